The summed E-state index contributed by atoms with van der Waals surface area (Å²) in [6, 6.07) is 13.4. The minimum atomic E-state index is -0.866. The molecule has 2 aliphatic heterocycles. The molecule has 7 nitrogen and oxygen atoms in total. The Kier molecular flexibility index (Phi) is 3.96. The monoisotopic (exact) mass is 368 g/mol. The number of anilines is 1. The van der Waals surface area contributed by atoms with Crippen LogP contribution in [0.5, 0.6) is 0 Å². The summed E-state index contributed by atoms with van der Waals surface area (Å²) in [7, 11) is 0. The van der Waals surface area contributed by atoms with Gasteiger partial charge in [-0.2, -0.15) is 0 Å². The number of fused-ring (bicyclic) bond motifs is 2. The first-order chi connectivity index (χ1) is 12.6. The number of hydrogen-bond acceptors (Lipinski definition) is 6. The fourth-order valence-electron chi connectivity index (χ4n) is 2.84. The number of nitrogens with zero attached hydrogens (tertiary/aromatic N) is 2. The molecule has 0 fully saturated rings. The third kappa shape index (κ3) is 2.64. The first-order valence-electron chi connectivity index (χ1n) is 7.77. The van der Waals surface area contributed by atoms with Gasteiger partial charge >= 0.3 is 5.97 Å². The van der Waals surface area contributed by atoms with E-state index < -0.39 is 17.8 Å². The van der Waals surface area contributed by atoms with E-state index in [-0.39, 0.29) is 29.3 Å². The molecule has 2 heterocycles. The van der Waals surface area contributed by atoms with Crippen molar-refractivity contribution in [3.05, 3.63) is 59.7 Å². The summed E-state index contributed by atoms with van der Waals surface area (Å²) < 4.78 is 0. The van der Waals surface area contributed by atoms with Crippen molar-refractivity contribution in [3.63, 3.8) is 0 Å². The zero-order chi connectivity index (χ0) is 18.3. The van der Waals surface area contributed by atoms with Gasteiger partial charge in [0.05, 0.1) is 22.6 Å². The Morgan fingerprint density at radius 2 is 1.58 bits per heavy atom. The van der Waals surface area contributed by atoms with Crippen LogP contribution in [0, 0.1) is 0 Å². The van der Waals surface area contributed by atoms with E-state index in [0.717, 1.165) is 4.90 Å². The number of hydroxylamine groups is 2. The van der Waals surface area contributed by atoms with Gasteiger partial charge in [0, 0.05) is 4.90 Å². The summed E-state index contributed by atoms with van der Waals surface area (Å²) in [6.45, 7) is -0.385. The predicted molar refractivity (Wildman–Crippen MR) is 92.6 cm³/mol. The molecule has 0 saturated carbocycles. The maximum absolute atomic E-state index is 12.3. The molecule has 8 heteroatoms. The normalized spacial score (nSPS) is 15.8. The molecule has 130 valence electrons. The fourth-order valence-corrected chi connectivity index (χ4v) is 3.77. The Morgan fingerprint density at radius 1 is 0.962 bits per heavy atom. The van der Waals surface area contributed by atoms with E-state index in [2.05, 4.69) is 0 Å². The maximum atomic E-state index is 12.3. The number of imide groups is 1. The number of hydrogen-bond donors (Lipinski definition) is 0. The van der Waals surface area contributed by atoms with Crippen molar-refractivity contribution in [2.45, 2.75) is 4.90 Å². The van der Waals surface area contributed by atoms with Gasteiger partial charge in [0.15, 0.2) is 0 Å². The van der Waals surface area contributed by atoms with Crippen LogP contribution >= 0.6 is 11.8 Å². The number of rotatable bonds is 3. The zero-order valence-electron chi connectivity index (χ0n) is 13.4. The van der Waals surface area contributed by atoms with Crippen molar-refractivity contribution in [3.8, 4) is 0 Å². The van der Waals surface area contributed by atoms with Gasteiger partial charge in [-0.15, -0.1) is 11.8 Å². The van der Waals surface area contributed by atoms with E-state index in [1.807, 2.05) is 12.1 Å². The molecule has 2 aliphatic rings. The Balaban J connectivity index is 1.51. The SMILES string of the molecule is O=C(CN1C(=O)CSc2ccccc21)ON1C(=O)c2ccccc2C1=O. The number of thioether (sulfide) groups is 1. The zero-order valence-corrected chi connectivity index (χ0v) is 14.2. The molecular formula is C18H12N2O5S. The first-order valence-corrected chi connectivity index (χ1v) is 8.75. The number of carbonyl (C=O) groups is 4. The highest BCUT2D eigenvalue weighted by Crippen LogP contribution is 2.34. The average molecular weight is 368 g/mol. The number of amides is 3. The second-order valence-corrected chi connectivity index (χ2v) is 6.67. The third-order valence-corrected chi connectivity index (χ3v) is 5.09. The van der Waals surface area contributed by atoms with E-state index in [9.17, 15) is 19.2 Å². The highest BCUT2D eigenvalue weighted by Gasteiger charge is 2.39. The van der Waals surface area contributed by atoms with Gasteiger partial charge in [-0.25, -0.2) is 4.79 Å². The van der Waals surface area contributed by atoms with Crippen LogP contribution in [-0.2, 0) is 14.4 Å². The summed E-state index contributed by atoms with van der Waals surface area (Å²) in [5.41, 5.74) is 0.968. The molecule has 0 aliphatic carbocycles. The summed E-state index contributed by atoms with van der Waals surface area (Å²) in [5.74, 6) is -2.29. The summed E-state index contributed by atoms with van der Waals surface area (Å²) in [4.78, 5) is 56.1. The van der Waals surface area contributed by atoms with Crippen molar-refractivity contribution < 1.29 is 24.0 Å². The molecule has 0 bridgehead atoms. The Bertz CT molecular complexity index is 923. The van der Waals surface area contributed by atoms with Crippen LogP contribution in [0.2, 0.25) is 0 Å². The van der Waals surface area contributed by atoms with Gasteiger partial charge < -0.3 is 4.84 Å². The minimum Gasteiger partial charge on any atom is -0.328 e. The van der Waals surface area contributed by atoms with Gasteiger partial charge in [0.1, 0.15) is 6.54 Å². The Hall–Kier alpha value is -3.13. The first kappa shape index (κ1) is 16.3. The molecule has 4 rings (SSSR count). The molecule has 0 aromatic heterocycles. The Labute approximate surface area is 152 Å². The van der Waals surface area contributed by atoms with Gasteiger partial charge in [0.25, 0.3) is 11.8 Å². The lowest BCUT2D eigenvalue weighted by atomic mass is 10.1. The van der Waals surface area contributed by atoms with Crippen molar-refractivity contribution in [2.24, 2.45) is 0 Å². The molecule has 0 saturated heterocycles. The summed E-state index contributed by atoms with van der Waals surface area (Å²) in [6.07, 6.45) is 0. The lowest BCUT2D eigenvalue weighted by Gasteiger charge is -2.28. The van der Waals surface area contributed by atoms with Gasteiger partial charge in [-0.05, 0) is 24.3 Å². The molecule has 26 heavy (non-hydrogen) atoms. The fraction of sp³-hybridized carbons (Fsp3) is 0.111. The Morgan fingerprint density at radius 3 is 2.27 bits per heavy atom. The quantitative estimate of drug-likeness (QED) is 0.769. The smallest absolute Gasteiger partial charge is 0.328 e. The van der Waals surface area contributed by atoms with Crippen molar-refractivity contribution in [1.29, 1.82) is 0 Å². The van der Waals surface area contributed by atoms with Crippen LogP contribution in [-0.4, -0.2) is 41.1 Å². The van der Waals surface area contributed by atoms with E-state index in [1.54, 1.807) is 24.3 Å². The van der Waals surface area contributed by atoms with Crippen LogP contribution in [0.15, 0.2) is 53.4 Å². The van der Waals surface area contributed by atoms with Gasteiger partial charge in [-0.1, -0.05) is 29.3 Å². The predicted octanol–water partition coefficient (Wildman–Crippen LogP) is 1.88. The van der Waals surface area contributed by atoms with E-state index >= 15 is 0 Å². The van der Waals surface area contributed by atoms with Crippen molar-refractivity contribution in [1.82, 2.24) is 5.06 Å². The minimum absolute atomic E-state index is 0.182. The third-order valence-electron chi connectivity index (χ3n) is 4.05. The van der Waals surface area contributed by atoms with Gasteiger partial charge in [0.2, 0.25) is 5.91 Å². The molecule has 0 N–H and O–H groups in total. The number of benzene rings is 2. The summed E-state index contributed by atoms with van der Waals surface area (Å²) >= 11 is 1.39. The molecule has 3 amide bonds. The van der Waals surface area contributed by atoms with Crippen molar-refractivity contribution in [2.75, 3.05) is 17.2 Å². The largest absolute Gasteiger partial charge is 0.352 e. The average Bonchev–Trinajstić information content (AvgIpc) is 2.89. The molecule has 0 unspecified atom stereocenters. The maximum Gasteiger partial charge on any atom is 0.352 e. The molecule has 2 aromatic rings. The van der Waals surface area contributed by atoms with Crippen LogP contribution < -0.4 is 4.90 Å². The van der Waals surface area contributed by atoms with Crippen LogP contribution in [0.4, 0.5) is 5.69 Å². The van der Waals surface area contributed by atoms with E-state index in [0.29, 0.717) is 10.8 Å². The number of para-hydroxylation sites is 1. The van der Waals surface area contributed by atoms with E-state index in [4.69, 9.17) is 4.84 Å². The molecule has 0 radical (unpaired) electrons. The number of carbonyl (C=O) groups excluding carboxylic acids is 4. The second kappa shape index (κ2) is 6.30. The highest BCUT2D eigenvalue weighted by molar-refractivity contribution is 8.00. The van der Waals surface area contributed by atoms with Crippen LogP contribution in [0.3, 0.4) is 0 Å². The standard InChI is InChI=1S/C18H12N2O5S/c21-15-10-26-14-8-4-3-7-13(14)19(15)9-16(22)25-20-17(23)11-5-1-2-6-12(11)18(20)24/h1-8H,9-10H2. The summed E-state index contributed by atoms with van der Waals surface area (Å²) in [5, 5.41) is 0.447. The van der Waals surface area contributed by atoms with E-state index in [1.165, 1.54) is 28.8 Å². The van der Waals surface area contributed by atoms with Crippen molar-refractivity contribution >= 4 is 41.1 Å². The second-order valence-electron chi connectivity index (χ2n) is 5.65. The molecule has 0 atom stereocenters. The topological polar surface area (TPSA) is 84.0 Å². The van der Waals surface area contributed by atoms with Crippen LogP contribution in [0.1, 0.15) is 20.7 Å². The molecular weight excluding hydrogens is 356 g/mol. The molecule has 2 aromatic carbocycles. The van der Waals surface area contributed by atoms with Gasteiger partial charge in [-0.3, -0.25) is 19.3 Å². The highest BCUT2D eigenvalue weighted by atomic mass is 32.2. The molecule has 0 spiro atoms. The lowest BCUT2D eigenvalue weighted by Crippen LogP contribution is -2.42. The lowest BCUT2D eigenvalue weighted by molar-refractivity contribution is -0.167. The van der Waals surface area contributed by atoms with Crippen LogP contribution in [0.25, 0.3) is 0 Å².